The van der Waals surface area contributed by atoms with Crippen molar-refractivity contribution >= 4 is 32.6 Å². The highest BCUT2D eigenvalue weighted by Gasteiger charge is 2.15. The van der Waals surface area contributed by atoms with E-state index in [1.54, 1.807) is 0 Å². The van der Waals surface area contributed by atoms with Crippen molar-refractivity contribution in [2.75, 3.05) is 0 Å². The summed E-state index contributed by atoms with van der Waals surface area (Å²) < 4.78 is 0. The van der Waals surface area contributed by atoms with Crippen molar-refractivity contribution in [2.24, 2.45) is 0 Å². The summed E-state index contributed by atoms with van der Waals surface area (Å²) in [5, 5.41) is 5.22. The normalized spacial score (nSPS) is 12.5. The highest BCUT2D eigenvalue weighted by molar-refractivity contribution is 6.16. The Morgan fingerprint density at radius 3 is 2.33 bits per heavy atom. The van der Waals surface area contributed by atoms with Gasteiger partial charge in [0.05, 0.1) is 5.52 Å². The van der Waals surface area contributed by atoms with Gasteiger partial charge in [0.1, 0.15) is 0 Å². The Morgan fingerprint density at radius 2 is 1.52 bits per heavy atom. The van der Waals surface area contributed by atoms with Gasteiger partial charge in [0, 0.05) is 21.7 Å². The Kier molecular flexibility index (Phi) is 2.44. The maximum Gasteiger partial charge on any atom is 0.0544 e. The first-order valence-electron chi connectivity index (χ1n) is 7.48. The summed E-state index contributed by atoms with van der Waals surface area (Å²) in [7, 11) is 0. The average Bonchev–Trinajstić information content (AvgIpc) is 2.84. The van der Waals surface area contributed by atoms with Crippen molar-refractivity contribution < 1.29 is 0 Å². The molecule has 3 aromatic carbocycles. The lowest BCUT2D eigenvalue weighted by atomic mass is 9.86. The zero-order chi connectivity index (χ0) is 14.6. The third-order valence-electron chi connectivity index (χ3n) is 4.36. The topological polar surface area (TPSA) is 15.8 Å². The largest absolute Gasteiger partial charge is 0.354 e. The van der Waals surface area contributed by atoms with Crippen molar-refractivity contribution in [3.63, 3.8) is 0 Å². The third-order valence-corrected chi connectivity index (χ3v) is 4.36. The number of nitrogens with one attached hydrogen (secondary N) is 1. The zero-order valence-electron chi connectivity index (χ0n) is 12.7. The number of hydrogen-bond acceptors (Lipinski definition) is 0. The first kappa shape index (κ1) is 12.5. The fourth-order valence-corrected chi connectivity index (χ4v) is 3.12. The van der Waals surface area contributed by atoms with Crippen LogP contribution >= 0.6 is 0 Å². The van der Waals surface area contributed by atoms with Crippen LogP contribution in [0.3, 0.4) is 0 Å². The van der Waals surface area contributed by atoms with Gasteiger partial charge in [-0.1, -0.05) is 69.3 Å². The lowest BCUT2D eigenvalue weighted by molar-refractivity contribution is 0.591. The summed E-state index contributed by atoms with van der Waals surface area (Å²) in [6.07, 6.45) is 0. The van der Waals surface area contributed by atoms with Gasteiger partial charge in [-0.25, -0.2) is 0 Å². The summed E-state index contributed by atoms with van der Waals surface area (Å²) in [5.41, 5.74) is 4.02. The molecule has 1 nitrogen and oxygen atoms in total. The molecule has 0 radical (unpaired) electrons. The monoisotopic (exact) mass is 273 g/mol. The Bertz CT molecular complexity index is 968. The van der Waals surface area contributed by atoms with Crippen LogP contribution in [0, 0.1) is 0 Å². The molecule has 0 saturated heterocycles. The van der Waals surface area contributed by atoms with Crippen LogP contribution in [0.5, 0.6) is 0 Å². The number of fused-ring (bicyclic) bond motifs is 5. The highest BCUT2D eigenvalue weighted by atomic mass is 14.7. The number of rotatable bonds is 0. The number of aromatic nitrogens is 1. The number of H-pyrrole nitrogens is 1. The molecule has 21 heavy (non-hydrogen) atoms. The van der Waals surface area contributed by atoms with Gasteiger partial charge < -0.3 is 4.98 Å². The standard InChI is InChI=1S/C20H19N/c1-20(2,3)14-9-11-15-13(12-14)8-10-17-16-6-4-5-7-18(16)21-19(15)17/h4-12,21H,1-3H3. The second-order valence-corrected chi connectivity index (χ2v) is 6.84. The Hall–Kier alpha value is -2.28. The fraction of sp³-hybridized carbons (Fsp3) is 0.200. The van der Waals surface area contributed by atoms with Crippen LogP contribution in [0.2, 0.25) is 0 Å². The molecule has 0 unspecified atom stereocenters. The van der Waals surface area contributed by atoms with Gasteiger partial charge >= 0.3 is 0 Å². The molecule has 0 aliphatic rings. The predicted octanol–water partition coefficient (Wildman–Crippen LogP) is 5.77. The molecular weight excluding hydrogens is 254 g/mol. The van der Waals surface area contributed by atoms with Crippen LogP contribution in [-0.4, -0.2) is 4.98 Å². The van der Waals surface area contributed by atoms with Gasteiger partial charge in [-0.15, -0.1) is 0 Å². The number of benzene rings is 3. The molecular formula is C20H19N. The van der Waals surface area contributed by atoms with Gasteiger partial charge in [-0.2, -0.15) is 0 Å². The predicted molar refractivity (Wildman–Crippen MR) is 92.0 cm³/mol. The smallest absolute Gasteiger partial charge is 0.0544 e. The van der Waals surface area contributed by atoms with Crippen LogP contribution in [-0.2, 0) is 5.41 Å². The first-order valence-corrected chi connectivity index (χ1v) is 7.48. The van der Waals surface area contributed by atoms with E-state index in [1.165, 1.54) is 38.1 Å². The van der Waals surface area contributed by atoms with Crippen molar-refractivity contribution in [1.29, 1.82) is 0 Å². The molecule has 0 aliphatic heterocycles. The van der Waals surface area contributed by atoms with Crippen molar-refractivity contribution in [2.45, 2.75) is 26.2 Å². The third kappa shape index (κ3) is 1.84. The average molecular weight is 273 g/mol. The van der Waals surface area contributed by atoms with E-state index in [0.717, 1.165) is 0 Å². The molecule has 0 bridgehead atoms. The lowest BCUT2D eigenvalue weighted by Gasteiger charge is -2.19. The molecule has 1 heteroatoms. The van der Waals surface area contributed by atoms with E-state index in [1.807, 2.05) is 0 Å². The van der Waals surface area contributed by atoms with Gasteiger partial charge in [0.15, 0.2) is 0 Å². The SMILES string of the molecule is CC(C)(C)c1ccc2c(ccc3c4ccccc4[nH]c23)c1. The van der Waals surface area contributed by atoms with E-state index >= 15 is 0 Å². The van der Waals surface area contributed by atoms with Crippen LogP contribution in [0.15, 0.2) is 54.6 Å². The maximum atomic E-state index is 3.58. The molecule has 4 rings (SSSR count). The summed E-state index contributed by atoms with van der Waals surface area (Å²) in [5.74, 6) is 0. The maximum absolute atomic E-state index is 3.58. The highest BCUT2D eigenvalue weighted by Crippen LogP contribution is 2.33. The Balaban J connectivity index is 2.10. The Labute approximate surface area is 124 Å². The van der Waals surface area contributed by atoms with E-state index in [2.05, 4.69) is 80.4 Å². The number of aromatic amines is 1. The van der Waals surface area contributed by atoms with Crippen molar-refractivity contribution in [3.05, 3.63) is 60.2 Å². The summed E-state index contributed by atoms with van der Waals surface area (Å²) in [6.45, 7) is 6.78. The van der Waals surface area contributed by atoms with E-state index in [0.29, 0.717) is 0 Å². The molecule has 0 saturated carbocycles. The fourth-order valence-electron chi connectivity index (χ4n) is 3.12. The molecule has 0 spiro atoms. The van der Waals surface area contributed by atoms with E-state index in [-0.39, 0.29) is 5.41 Å². The minimum atomic E-state index is 0.184. The van der Waals surface area contributed by atoms with Crippen molar-refractivity contribution in [3.8, 4) is 0 Å². The molecule has 1 aromatic heterocycles. The van der Waals surface area contributed by atoms with Crippen LogP contribution in [0.1, 0.15) is 26.3 Å². The van der Waals surface area contributed by atoms with E-state index in [4.69, 9.17) is 0 Å². The molecule has 1 N–H and O–H groups in total. The second kappa shape index (κ2) is 4.11. The van der Waals surface area contributed by atoms with Gasteiger partial charge in [0.2, 0.25) is 0 Å². The molecule has 0 amide bonds. The summed E-state index contributed by atoms with van der Waals surface area (Å²) in [6, 6.07) is 19.8. The first-order chi connectivity index (χ1) is 10.0. The summed E-state index contributed by atoms with van der Waals surface area (Å²) in [4.78, 5) is 3.58. The molecule has 0 atom stereocenters. The molecule has 1 heterocycles. The second-order valence-electron chi connectivity index (χ2n) is 6.84. The minimum absolute atomic E-state index is 0.184. The van der Waals surface area contributed by atoms with Crippen LogP contribution < -0.4 is 0 Å². The lowest BCUT2D eigenvalue weighted by Crippen LogP contribution is -2.10. The van der Waals surface area contributed by atoms with Gasteiger partial charge in [-0.3, -0.25) is 0 Å². The minimum Gasteiger partial charge on any atom is -0.354 e. The molecule has 0 fully saturated rings. The quantitative estimate of drug-likeness (QED) is 0.418. The molecule has 104 valence electrons. The number of hydrogen-bond donors (Lipinski definition) is 1. The number of para-hydroxylation sites is 1. The van der Waals surface area contributed by atoms with Crippen molar-refractivity contribution in [1.82, 2.24) is 4.98 Å². The Morgan fingerprint density at radius 1 is 0.762 bits per heavy atom. The van der Waals surface area contributed by atoms with E-state index in [9.17, 15) is 0 Å². The zero-order valence-corrected chi connectivity index (χ0v) is 12.7. The van der Waals surface area contributed by atoms with Gasteiger partial charge in [-0.05, 0) is 22.4 Å². The van der Waals surface area contributed by atoms with Crippen LogP contribution in [0.25, 0.3) is 32.6 Å². The van der Waals surface area contributed by atoms with Gasteiger partial charge in [0.25, 0.3) is 0 Å². The van der Waals surface area contributed by atoms with Crippen LogP contribution in [0.4, 0.5) is 0 Å². The molecule has 0 aliphatic carbocycles. The molecule has 4 aromatic rings. The van der Waals surface area contributed by atoms with E-state index < -0.39 is 0 Å². The summed E-state index contributed by atoms with van der Waals surface area (Å²) >= 11 is 0.